The van der Waals surface area contributed by atoms with Crippen LogP contribution >= 0.6 is 7.75 Å². The standard InChI is InChI=1S/C26H35N2O3P/c1-21(2)28(22(3)4)26(20-23-14-8-5-9-15-23)27-32(29,30-24-16-10-6-11-17-24)31-25-18-12-7-13-19-25/h6-7,10-14,16-19,21-22H,5,8-9,15,20H2,1-4H3/b27-26-. The molecule has 6 heteroatoms. The fraction of sp³-hybridized carbons (Fsp3) is 0.423. The quantitative estimate of drug-likeness (QED) is 0.169. The van der Waals surface area contributed by atoms with Crippen LogP contribution in [-0.2, 0) is 4.57 Å². The minimum atomic E-state index is -3.90. The molecule has 0 bridgehead atoms. The minimum absolute atomic E-state index is 0.194. The monoisotopic (exact) mass is 454 g/mol. The molecule has 0 heterocycles. The topological polar surface area (TPSA) is 51.1 Å². The molecule has 0 spiro atoms. The first kappa shape index (κ1) is 24.1. The molecule has 0 N–H and O–H groups in total. The molecule has 3 rings (SSSR count). The lowest BCUT2D eigenvalue weighted by Crippen LogP contribution is -2.42. The summed E-state index contributed by atoms with van der Waals surface area (Å²) in [7, 11) is -3.90. The Morgan fingerprint density at radius 1 is 0.906 bits per heavy atom. The smallest absolute Gasteiger partial charge is 0.399 e. The number of benzene rings is 2. The normalized spacial score (nSPS) is 14.9. The van der Waals surface area contributed by atoms with E-state index in [1.165, 1.54) is 18.4 Å². The summed E-state index contributed by atoms with van der Waals surface area (Å²) in [5.74, 6) is 1.68. The fourth-order valence-corrected chi connectivity index (χ4v) is 5.42. The molecule has 0 unspecified atom stereocenters. The highest BCUT2D eigenvalue weighted by molar-refractivity contribution is 7.53. The Bertz CT molecular complexity index is 902. The molecule has 0 radical (unpaired) electrons. The Morgan fingerprint density at radius 2 is 1.44 bits per heavy atom. The highest BCUT2D eigenvalue weighted by Crippen LogP contribution is 2.50. The SMILES string of the molecule is CC(C)N(/C(CC1=CCCCC1)=N\P(=O)(Oc1ccccc1)Oc1ccccc1)C(C)C. The van der Waals surface area contributed by atoms with Crippen molar-refractivity contribution >= 4 is 13.6 Å². The molecule has 0 saturated heterocycles. The van der Waals surface area contributed by atoms with E-state index >= 15 is 0 Å². The van der Waals surface area contributed by atoms with Crippen molar-refractivity contribution in [2.24, 2.45) is 4.76 Å². The highest BCUT2D eigenvalue weighted by atomic mass is 31.2. The molecule has 1 aliphatic carbocycles. The zero-order valence-corrected chi connectivity index (χ0v) is 20.5. The minimum Gasteiger partial charge on any atom is -0.399 e. The molecule has 0 fully saturated rings. The average molecular weight is 455 g/mol. The first-order valence-electron chi connectivity index (χ1n) is 11.5. The van der Waals surface area contributed by atoms with E-state index in [0.717, 1.165) is 18.7 Å². The van der Waals surface area contributed by atoms with Crippen molar-refractivity contribution in [3.05, 3.63) is 72.3 Å². The van der Waals surface area contributed by atoms with Crippen molar-refractivity contribution in [3.63, 3.8) is 0 Å². The van der Waals surface area contributed by atoms with Crippen LogP contribution in [-0.4, -0.2) is 22.8 Å². The van der Waals surface area contributed by atoms with Gasteiger partial charge in [-0.05, 0) is 77.6 Å². The summed E-state index contributed by atoms with van der Waals surface area (Å²) in [6.07, 6.45) is 7.49. The third kappa shape index (κ3) is 7.00. The summed E-state index contributed by atoms with van der Waals surface area (Å²) in [5, 5.41) is 0. The molecule has 2 aromatic rings. The third-order valence-electron chi connectivity index (χ3n) is 5.35. The van der Waals surface area contributed by atoms with Gasteiger partial charge in [0.05, 0.1) is 0 Å². The van der Waals surface area contributed by atoms with E-state index in [9.17, 15) is 4.57 Å². The second-order valence-corrected chi connectivity index (χ2v) is 10.2. The number of allylic oxidation sites excluding steroid dienone is 1. The lowest BCUT2D eigenvalue weighted by atomic mass is 9.96. The molecule has 5 nitrogen and oxygen atoms in total. The van der Waals surface area contributed by atoms with Gasteiger partial charge in [-0.25, -0.2) is 4.57 Å². The van der Waals surface area contributed by atoms with Crippen LogP contribution < -0.4 is 9.05 Å². The maximum atomic E-state index is 14.1. The summed E-state index contributed by atoms with van der Waals surface area (Å²) in [5.41, 5.74) is 1.34. The van der Waals surface area contributed by atoms with Gasteiger partial charge in [-0.15, -0.1) is 4.76 Å². The Morgan fingerprint density at radius 3 is 1.88 bits per heavy atom. The van der Waals surface area contributed by atoms with Crippen molar-refractivity contribution in [3.8, 4) is 11.5 Å². The van der Waals surface area contributed by atoms with Crippen LogP contribution in [0.5, 0.6) is 11.5 Å². The Kier molecular flexibility index (Phi) is 8.58. The van der Waals surface area contributed by atoms with Crippen molar-refractivity contribution in [1.82, 2.24) is 4.90 Å². The van der Waals surface area contributed by atoms with Gasteiger partial charge in [0.15, 0.2) is 0 Å². The van der Waals surface area contributed by atoms with E-state index in [4.69, 9.17) is 13.8 Å². The average Bonchev–Trinajstić information content (AvgIpc) is 2.75. The van der Waals surface area contributed by atoms with Crippen LogP contribution in [0.3, 0.4) is 0 Å². The highest BCUT2D eigenvalue weighted by Gasteiger charge is 2.32. The molecule has 0 aromatic heterocycles. The summed E-state index contributed by atoms with van der Waals surface area (Å²) in [6.45, 7) is 8.52. The predicted molar refractivity (Wildman–Crippen MR) is 132 cm³/mol. The van der Waals surface area contributed by atoms with Crippen molar-refractivity contribution in [1.29, 1.82) is 0 Å². The molecular weight excluding hydrogens is 419 g/mol. The molecule has 0 saturated carbocycles. The van der Waals surface area contributed by atoms with Crippen LogP contribution in [0.25, 0.3) is 0 Å². The van der Waals surface area contributed by atoms with Crippen molar-refractivity contribution in [2.45, 2.75) is 71.9 Å². The van der Waals surface area contributed by atoms with Crippen molar-refractivity contribution < 1.29 is 13.6 Å². The van der Waals surface area contributed by atoms with Gasteiger partial charge < -0.3 is 13.9 Å². The van der Waals surface area contributed by atoms with Gasteiger partial charge in [-0.2, -0.15) is 0 Å². The van der Waals surface area contributed by atoms with E-state index < -0.39 is 7.75 Å². The molecule has 0 aliphatic heterocycles. The number of hydrogen-bond donors (Lipinski definition) is 0. The molecule has 172 valence electrons. The maximum Gasteiger partial charge on any atom is 0.564 e. The Hall–Kier alpha value is -2.52. The molecule has 0 amide bonds. The number of para-hydroxylation sites is 2. The Labute approximate surface area is 192 Å². The largest absolute Gasteiger partial charge is 0.564 e. The molecule has 32 heavy (non-hydrogen) atoms. The van der Waals surface area contributed by atoms with E-state index in [1.807, 2.05) is 36.4 Å². The number of hydrogen-bond acceptors (Lipinski definition) is 3. The lowest BCUT2D eigenvalue weighted by molar-refractivity contribution is 0.286. The zero-order valence-electron chi connectivity index (χ0n) is 19.6. The van der Waals surface area contributed by atoms with Gasteiger partial charge in [0.1, 0.15) is 17.3 Å². The van der Waals surface area contributed by atoms with E-state index in [0.29, 0.717) is 17.9 Å². The third-order valence-corrected chi connectivity index (χ3v) is 6.71. The van der Waals surface area contributed by atoms with Crippen LogP contribution in [0.15, 0.2) is 77.1 Å². The van der Waals surface area contributed by atoms with E-state index in [-0.39, 0.29) is 12.1 Å². The van der Waals surface area contributed by atoms with Crippen LogP contribution in [0, 0.1) is 0 Å². The van der Waals surface area contributed by atoms with E-state index in [1.54, 1.807) is 24.3 Å². The lowest BCUT2D eigenvalue weighted by Gasteiger charge is -2.35. The number of amidine groups is 1. The summed E-state index contributed by atoms with van der Waals surface area (Å²) < 4.78 is 30.7. The van der Waals surface area contributed by atoms with Crippen molar-refractivity contribution in [2.75, 3.05) is 0 Å². The Balaban J connectivity index is 2.04. The number of nitrogens with zero attached hydrogens (tertiary/aromatic N) is 2. The molecular formula is C26H35N2O3P. The summed E-state index contributed by atoms with van der Waals surface area (Å²) in [4.78, 5) is 2.21. The first-order valence-corrected chi connectivity index (χ1v) is 13.0. The van der Waals surface area contributed by atoms with Crippen LogP contribution in [0.1, 0.15) is 59.8 Å². The van der Waals surface area contributed by atoms with Gasteiger partial charge in [-0.1, -0.05) is 48.0 Å². The molecule has 2 aromatic carbocycles. The second kappa shape index (κ2) is 11.4. The second-order valence-electron chi connectivity index (χ2n) is 8.67. The predicted octanol–water partition coefficient (Wildman–Crippen LogP) is 7.66. The van der Waals surface area contributed by atoms with Gasteiger partial charge >= 0.3 is 7.75 Å². The van der Waals surface area contributed by atoms with Gasteiger partial charge in [-0.3, -0.25) is 0 Å². The summed E-state index contributed by atoms with van der Waals surface area (Å²) in [6, 6.07) is 18.6. The zero-order chi connectivity index (χ0) is 23.0. The first-order chi connectivity index (χ1) is 15.4. The van der Waals surface area contributed by atoms with Crippen LogP contribution in [0.2, 0.25) is 0 Å². The van der Waals surface area contributed by atoms with Crippen LogP contribution in [0.4, 0.5) is 0 Å². The van der Waals surface area contributed by atoms with Gasteiger partial charge in [0.25, 0.3) is 0 Å². The van der Waals surface area contributed by atoms with Gasteiger partial charge in [0, 0.05) is 18.5 Å². The molecule has 1 aliphatic rings. The molecule has 0 atom stereocenters. The summed E-state index contributed by atoms with van der Waals surface area (Å²) >= 11 is 0. The van der Waals surface area contributed by atoms with E-state index in [2.05, 4.69) is 38.7 Å². The van der Waals surface area contributed by atoms with Gasteiger partial charge in [0.2, 0.25) is 0 Å². The fourth-order valence-electron chi connectivity index (χ4n) is 4.07. The maximum absolute atomic E-state index is 14.1. The number of rotatable bonds is 9.